The molecular weight excluding hydrogens is 506 g/mol. The number of Topliss-reactive ketones (excluding diaryl/α,β-unsaturated/α-hetero) is 1. The Morgan fingerprint density at radius 2 is 1.68 bits per heavy atom. The minimum Gasteiger partial charge on any atom is -0.507 e. The third kappa shape index (κ3) is 6.30. The molecule has 0 radical (unpaired) electrons. The van der Waals surface area contributed by atoms with Crippen molar-refractivity contribution in [1.29, 1.82) is 0 Å². The Bertz CT molecular complexity index is 1410. The highest BCUT2D eigenvalue weighted by Gasteiger charge is 2.46. The van der Waals surface area contributed by atoms with Crippen LogP contribution in [0.1, 0.15) is 56.0 Å². The van der Waals surface area contributed by atoms with Crippen LogP contribution in [0.3, 0.4) is 0 Å². The molecule has 1 saturated heterocycles. The zero-order valence-corrected chi connectivity index (χ0v) is 23.9. The van der Waals surface area contributed by atoms with E-state index in [0.29, 0.717) is 40.9 Å². The number of carbonyl (C=O) groups is 2. The highest BCUT2D eigenvalue weighted by Crippen LogP contribution is 2.41. The molecule has 0 aliphatic carbocycles. The van der Waals surface area contributed by atoms with Gasteiger partial charge in [0.05, 0.1) is 31.4 Å². The van der Waals surface area contributed by atoms with Crippen LogP contribution < -0.4 is 14.2 Å². The Labute approximate surface area is 236 Å². The van der Waals surface area contributed by atoms with Crippen molar-refractivity contribution >= 4 is 17.4 Å². The highest BCUT2D eigenvalue weighted by atomic mass is 16.5. The van der Waals surface area contributed by atoms with Gasteiger partial charge in [-0.3, -0.25) is 9.59 Å². The first kappa shape index (κ1) is 28.7. The lowest BCUT2D eigenvalue weighted by molar-refractivity contribution is -0.140. The summed E-state index contributed by atoms with van der Waals surface area (Å²) in [5, 5.41) is 11.5. The second kappa shape index (κ2) is 12.3. The molecule has 1 atom stereocenters. The van der Waals surface area contributed by atoms with E-state index in [1.54, 1.807) is 25.3 Å². The van der Waals surface area contributed by atoms with Gasteiger partial charge in [0, 0.05) is 12.1 Å². The van der Waals surface area contributed by atoms with Crippen LogP contribution in [-0.4, -0.2) is 41.5 Å². The number of likely N-dealkylation sites (tertiary alicyclic amines) is 1. The molecule has 0 spiro atoms. The standard InChI is InChI=1S/C33H37NO6/c1-20(2)19-39-28-15-12-25(16-22(28)5)31(35)29-30(24-10-13-26(14-11-24)40-21(3)4)34(33(37)32(29)36)18-23-8-7-9-27(17-23)38-6/h7-17,20-21,30,35H,18-19H2,1-6H3/b31-29-. The molecule has 7 nitrogen and oxygen atoms in total. The summed E-state index contributed by atoms with van der Waals surface area (Å²) in [6.07, 6.45) is 0.000255. The molecule has 0 aromatic heterocycles. The summed E-state index contributed by atoms with van der Waals surface area (Å²) < 4.78 is 17.0. The highest BCUT2D eigenvalue weighted by molar-refractivity contribution is 6.46. The second-order valence-electron chi connectivity index (χ2n) is 10.7. The Morgan fingerprint density at radius 1 is 0.950 bits per heavy atom. The Hall–Kier alpha value is -4.26. The molecule has 1 unspecified atom stereocenters. The van der Waals surface area contributed by atoms with E-state index in [9.17, 15) is 14.7 Å². The number of nitrogens with zero attached hydrogens (tertiary/aromatic N) is 1. The van der Waals surface area contributed by atoms with Gasteiger partial charge in [-0.1, -0.05) is 38.1 Å². The molecule has 210 valence electrons. The first-order chi connectivity index (χ1) is 19.1. The number of aliphatic hydroxyl groups is 1. The summed E-state index contributed by atoms with van der Waals surface area (Å²) in [6, 6.07) is 19.1. The quantitative estimate of drug-likeness (QED) is 0.180. The lowest BCUT2D eigenvalue weighted by atomic mass is 9.94. The molecule has 1 aliphatic rings. The molecule has 40 heavy (non-hydrogen) atoms. The molecule has 7 heteroatoms. The summed E-state index contributed by atoms with van der Waals surface area (Å²) in [6.45, 7) is 10.6. The third-order valence-electron chi connectivity index (χ3n) is 6.62. The van der Waals surface area contributed by atoms with Gasteiger partial charge in [0.25, 0.3) is 11.7 Å². The number of hydrogen-bond donors (Lipinski definition) is 1. The number of methoxy groups -OCH3 is 1. The topological polar surface area (TPSA) is 85.3 Å². The number of rotatable bonds is 10. The number of ketones is 1. The summed E-state index contributed by atoms with van der Waals surface area (Å²) in [5.74, 6) is 0.771. The first-order valence-electron chi connectivity index (χ1n) is 13.5. The molecule has 1 heterocycles. The van der Waals surface area contributed by atoms with E-state index in [1.807, 2.05) is 69.3 Å². The van der Waals surface area contributed by atoms with Gasteiger partial charge in [-0.05, 0) is 85.8 Å². The molecular formula is C33H37NO6. The van der Waals surface area contributed by atoms with E-state index in [0.717, 1.165) is 11.1 Å². The molecule has 1 fully saturated rings. The van der Waals surface area contributed by atoms with E-state index in [1.165, 1.54) is 4.90 Å². The normalized spacial score (nSPS) is 16.6. The van der Waals surface area contributed by atoms with Crippen molar-refractivity contribution in [1.82, 2.24) is 4.90 Å². The zero-order valence-electron chi connectivity index (χ0n) is 23.9. The van der Waals surface area contributed by atoms with Gasteiger partial charge in [-0.2, -0.15) is 0 Å². The van der Waals surface area contributed by atoms with Gasteiger partial charge in [0.15, 0.2) is 0 Å². The van der Waals surface area contributed by atoms with Gasteiger partial charge >= 0.3 is 0 Å². The minimum absolute atomic E-state index is 0.000255. The largest absolute Gasteiger partial charge is 0.507 e. The van der Waals surface area contributed by atoms with Crippen molar-refractivity contribution in [3.05, 3.63) is 94.6 Å². The Balaban J connectivity index is 1.78. The predicted octanol–water partition coefficient (Wildman–Crippen LogP) is 6.45. The minimum atomic E-state index is -0.795. The number of aliphatic hydroxyl groups excluding tert-OH is 1. The SMILES string of the molecule is COc1cccc(CN2C(=O)C(=O)/C(=C(\O)c3ccc(OCC(C)C)c(C)c3)C2c2ccc(OC(C)C)cc2)c1. The van der Waals surface area contributed by atoms with Crippen molar-refractivity contribution < 1.29 is 28.9 Å². The van der Waals surface area contributed by atoms with Crippen LogP contribution in [0, 0.1) is 12.8 Å². The lowest BCUT2D eigenvalue weighted by Gasteiger charge is -2.26. The maximum Gasteiger partial charge on any atom is 0.295 e. The maximum absolute atomic E-state index is 13.5. The van der Waals surface area contributed by atoms with E-state index in [-0.39, 0.29) is 24.0 Å². The van der Waals surface area contributed by atoms with Crippen molar-refractivity contribution in [3.8, 4) is 17.2 Å². The molecule has 3 aromatic rings. The smallest absolute Gasteiger partial charge is 0.295 e. The summed E-state index contributed by atoms with van der Waals surface area (Å²) in [4.78, 5) is 28.4. The molecule has 1 amide bonds. The van der Waals surface area contributed by atoms with Crippen molar-refractivity contribution in [3.63, 3.8) is 0 Å². The summed E-state index contributed by atoms with van der Waals surface area (Å²) in [7, 11) is 1.58. The van der Waals surface area contributed by atoms with Crippen LogP contribution in [0.4, 0.5) is 0 Å². The molecule has 4 rings (SSSR count). The Kier molecular flexibility index (Phi) is 8.83. The van der Waals surface area contributed by atoms with Crippen LogP contribution in [0.5, 0.6) is 17.2 Å². The third-order valence-corrected chi connectivity index (χ3v) is 6.62. The van der Waals surface area contributed by atoms with Crippen LogP contribution in [-0.2, 0) is 16.1 Å². The number of hydrogen-bond acceptors (Lipinski definition) is 6. The molecule has 1 N–H and O–H groups in total. The van der Waals surface area contributed by atoms with Crippen LogP contribution in [0.15, 0.2) is 72.3 Å². The second-order valence-corrected chi connectivity index (χ2v) is 10.7. The average molecular weight is 544 g/mol. The van der Waals surface area contributed by atoms with Gasteiger partial charge < -0.3 is 24.2 Å². The van der Waals surface area contributed by atoms with Crippen LogP contribution in [0.25, 0.3) is 5.76 Å². The fraction of sp³-hybridized carbons (Fsp3) is 0.333. The maximum atomic E-state index is 13.5. The van der Waals surface area contributed by atoms with E-state index < -0.39 is 17.7 Å². The number of amides is 1. The van der Waals surface area contributed by atoms with E-state index in [4.69, 9.17) is 14.2 Å². The van der Waals surface area contributed by atoms with Crippen molar-refractivity contribution in [2.24, 2.45) is 5.92 Å². The van der Waals surface area contributed by atoms with Crippen molar-refractivity contribution in [2.75, 3.05) is 13.7 Å². The number of ether oxygens (including phenoxy) is 3. The first-order valence-corrected chi connectivity index (χ1v) is 13.5. The summed E-state index contributed by atoms with van der Waals surface area (Å²) >= 11 is 0. The fourth-order valence-electron chi connectivity index (χ4n) is 4.73. The molecule has 0 saturated carbocycles. The van der Waals surface area contributed by atoms with E-state index >= 15 is 0 Å². The van der Waals surface area contributed by atoms with Gasteiger partial charge in [-0.25, -0.2) is 0 Å². The van der Waals surface area contributed by atoms with Crippen LogP contribution >= 0.6 is 0 Å². The van der Waals surface area contributed by atoms with Gasteiger partial charge in [0.2, 0.25) is 0 Å². The van der Waals surface area contributed by atoms with Gasteiger partial charge in [0.1, 0.15) is 23.0 Å². The predicted molar refractivity (Wildman–Crippen MR) is 155 cm³/mol. The monoisotopic (exact) mass is 543 g/mol. The van der Waals surface area contributed by atoms with Gasteiger partial charge in [-0.15, -0.1) is 0 Å². The lowest BCUT2D eigenvalue weighted by Crippen LogP contribution is -2.29. The number of benzene rings is 3. The fourth-order valence-corrected chi connectivity index (χ4v) is 4.73. The van der Waals surface area contributed by atoms with Crippen LogP contribution in [0.2, 0.25) is 0 Å². The molecule has 0 bridgehead atoms. The summed E-state index contributed by atoms with van der Waals surface area (Å²) in [5.41, 5.74) is 2.79. The average Bonchev–Trinajstić information content (AvgIpc) is 3.17. The number of carbonyl (C=O) groups excluding carboxylic acids is 2. The Morgan fingerprint density at radius 3 is 2.30 bits per heavy atom. The number of aryl methyl sites for hydroxylation is 1. The zero-order chi connectivity index (χ0) is 29.0. The molecule has 3 aromatic carbocycles. The molecule has 1 aliphatic heterocycles. The van der Waals surface area contributed by atoms with Crippen molar-refractivity contribution in [2.45, 2.75) is 53.3 Å². The van der Waals surface area contributed by atoms with E-state index in [2.05, 4.69) is 13.8 Å².